The summed E-state index contributed by atoms with van der Waals surface area (Å²) in [6.07, 6.45) is 2.41. The molecule has 3 rings (SSSR count). The van der Waals surface area contributed by atoms with Gasteiger partial charge in [0.2, 0.25) is 5.88 Å². The minimum Gasteiger partial charge on any atom is -0.493 e. The van der Waals surface area contributed by atoms with E-state index in [2.05, 4.69) is 10.3 Å². The van der Waals surface area contributed by atoms with Crippen molar-refractivity contribution in [1.29, 1.82) is 0 Å². The maximum atomic E-state index is 12.2. The van der Waals surface area contributed by atoms with Crippen LogP contribution in [0.25, 0.3) is 6.08 Å². The third kappa shape index (κ3) is 4.32. The third-order valence-corrected chi connectivity index (χ3v) is 3.90. The van der Waals surface area contributed by atoms with Crippen molar-refractivity contribution in [2.45, 2.75) is 0 Å². The lowest BCUT2D eigenvalue weighted by atomic mass is 10.1. The van der Waals surface area contributed by atoms with Crippen LogP contribution in [0.1, 0.15) is 5.56 Å². The zero-order valence-corrected chi connectivity index (χ0v) is 15.4. The lowest BCUT2D eigenvalue weighted by Crippen LogP contribution is -2.35. The molecule has 154 valence electrons. The number of ether oxygens (including phenoxy) is 2. The number of carboxylic acids is 1. The van der Waals surface area contributed by atoms with Crippen molar-refractivity contribution in [3.63, 3.8) is 0 Å². The van der Waals surface area contributed by atoms with Crippen LogP contribution >= 0.6 is 0 Å². The van der Waals surface area contributed by atoms with E-state index in [0.717, 1.165) is 6.20 Å². The van der Waals surface area contributed by atoms with Crippen molar-refractivity contribution in [3.05, 3.63) is 57.9 Å². The Bertz CT molecular complexity index is 1060. The molecule has 0 aliphatic carbocycles. The van der Waals surface area contributed by atoms with E-state index >= 15 is 0 Å². The van der Waals surface area contributed by atoms with Crippen LogP contribution in [0.4, 0.5) is 10.5 Å². The lowest BCUT2D eigenvalue weighted by Gasteiger charge is -2.10. The zero-order chi connectivity index (χ0) is 21.8. The van der Waals surface area contributed by atoms with Crippen molar-refractivity contribution < 1.29 is 33.9 Å². The first-order chi connectivity index (χ1) is 14.3. The van der Waals surface area contributed by atoms with E-state index < -0.39 is 29.4 Å². The highest BCUT2D eigenvalue weighted by molar-refractivity contribution is 6.15. The molecule has 3 amide bonds. The number of carbonyl (C=O) groups is 3. The molecular weight excluding hydrogens is 400 g/mol. The number of nitro groups is 1. The first kappa shape index (κ1) is 20.3. The molecule has 12 nitrogen and oxygen atoms in total. The van der Waals surface area contributed by atoms with Gasteiger partial charge in [-0.2, -0.15) is 0 Å². The number of aromatic nitrogens is 1. The highest BCUT2D eigenvalue weighted by Crippen LogP contribution is 2.32. The van der Waals surface area contributed by atoms with E-state index in [0.29, 0.717) is 10.5 Å². The molecule has 0 saturated carbocycles. The second-order valence-electron chi connectivity index (χ2n) is 5.90. The fraction of sp³-hybridized carbons (Fsp3) is 0.111. The number of carboxylic acid groups (broad SMARTS) is 1. The van der Waals surface area contributed by atoms with Gasteiger partial charge < -0.3 is 19.9 Å². The van der Waals surface area contributed by atoms with Crippen LogP contribution in [0.15, 0.2) is 42.2 Å². The number of imide groups is 1. The molecule has 1 aromatic carbocycles. The fourth-order valence-corrected chi connectivity index (χ4v) is 2.53. The van der Waals surface area contributed by atoms with Crippen molar-refractivity contribution in [2.75, 3.05) is 13.7 Å². The summed E-state index contributed by atoms with van der Waals surface area (Å²) < 4.78 is 10.8. The van der Waals surface area contributed by atoms with E-state index in [4.69, 9.17) is 14.6 Å². The van der Waals surface area contributed by atoms with E-state index in [1.54, 1.807) is 6.07 Å². The number of hydrogen-bond donors (Lipinski definition) is 2. The molecule has 0 spiro atoms. The van der Waals surface area contributed by atoms with Gasteiger partial charge in [0.25, 0.3) is 11.6 Å². The molecule has 0 atom stereocenters. The summed E-state index contributed by atoms with van der Waals surface area (Å²) in [5, 5.41) is 21.8. The number of benzene rings is 1. The van der Waals surface area contributed by atoms with Gasteiger partial charge in [-0.1, -0.05) is 6.07 Å². The molecule has 1 aliphatic heterocycles. The van der Waals surface area contributed by atoms with Crippen molar-refractivity contribution in [1.82, 2.24) is 15.2 Å². The third-order valence-electron chi connectivity index (χ3n) is 3.90. The molecule has 0 radical (unpaired) electrons. The Kier molecular flexibility index (Phi) is 5.58. The average Bonchev–Trinajstić information content (AvgIpc) is 2.96. The van der Waals surface area contributed by atoms with E-state index in [-0.39, 0.29) is 28.8 Å². The summed E-state index contributed by atoms with van der Waals surface area (Å²) in [5.74, 6) is -1.45. The van der Waals surface area contributed by atoms with Crippen molar-refractivity contribution >= 4 is 29.7 Å². The number of pyridine rings is 1. The normalized spacial score (nSPS) is 14.6. The standard InChI is InChI=1S/C18H14N4O8/c1-29-14-7-10(6-12-17(25)21(9-16(23)24)18(26)20-12)2-4-13(14)30-15-5-3-11(8-19-15)22(27)28/h2-8H,9H2,1H3,(H,20,26)(H,23,24)/b12-6+. The number of rotatable bonds is 7. The van der Waals surface area contributed by atoms with Crippen LogP contribution in [0.2, 0.25) is 0 Å². The summed E-state index contributed by atoms with van der Waals surface area (Å²) in [7, 11) is 1.39. The van der Waals surface area contributed by atoms with Gasteiger partial charge in [0.1, 0.15) is 18.4 Å². The molecule has 2 N–H and O–H groups in total. The molecule has 12 heteroatoms. The second kappa shape index (κ2) is 8.26. The van der Waals surface area contributed by atoms with E-state index in [9.17, 15) is 24.5 Å². The maximum absolute atomic E-state index is 12.2. The van der Waals surface area contributed by atoms with Gasteiger partial charge in [-0.25, -0.2) is 14.7 Å². The van der Waals surface area contributed by atoms with Crippen LogP contribution in [-0.4, -0.2) is 51.5 Å². The number of aliphatic carboxylic acids is 1. The van der Waals surface area contributed by atoms with Gasteiger partial charge in [-0.05, 0) is 23.8 Å². The summed E-state index contributed by atoms with van der Waals surface area (Å²) >= 11 is 0. The average molecular weight is 414 g/mol. The number of methoxy groups -OCH3 is 1. The highest BCUT2D eigenvalue weighted by atomic mass is 16.6. The number of amides is 3. The Balaban J connectivity index is 1.81. The van der Waals surface area contributed by atoms with E-state index in [1.807, 2.05) is 0 Å². The first-order valence-electron chi connectivity index (χ1n) is 8.31. The molecule has 1 aromatic heterocycles. The number of urea groups is 1. The smallest absolute Gasteiger partial charge is 0.329 e. The highest BCUT2D eigenvalue weighted by Gasteiger charge is 2.34. The molecule has 0 bridgehead atoms. The summed E-state index contributed by atoms with van der Waals surface area (Å²) in [6.45, 7) is -0.750. The van der Waals surface area contributed by atoms with Gasteiger partial charge in [0.15, 0.2) is 11.5 Å². The number of nitrogens with zero attached hydrogens (tertiary/aromatic N) is 3. The predicted octanol–water partition coefficient (Wildman–Crippen LogP) is 1.77. The number of carbonyl (C=O) groups excluding carboxylic acids is 2. The molecule has 1 aliphatic rings. The van der Waals surface area contributed by atoms with Gasteiger partial charge in [0.05, 0.1) is 12.0 Å². The van der Waals surface area contributed by atoms with Crippen LogP contribution in [0.5, 0.6) is 17.4 Å². The zero-order valence-electron chi connectivity index (χ0n) is 15.4. The molecule has 30 heavy (non-hydrogen) atoms. The van der Waals surface area contributed by atoms with Gasteiger partial charge in [-0.3, -0.25) is 19.7 Å². The summed E-state index contributed by atoms with van der Waals surface area (Å²) in [4.78, 5) is 49.3. The largest absolute Gasteiger partial charge is 0.493 e. The number of hydrogen-bond acceptors (Lipinski definition) is 8. The van der Waals surface area contributed by atoms with Gasteiger partial charge in [-0.15, -0.1) is 0 Å². The molecule has 2 aromatic rings. The minimum absolute atomic E-state index is 0.0889. The Morgan fingerprint density at radius 3 is 2.67 bits per heavy atom. The Labute approximate surface area is 168 Å². The molecule has 2 heterocycles. The van der Waals surface area contributed by atoms with Gasteiger partial charge in [0, 0.05) is 12.1 Å². The first-order valence-corrected chi connectivity index (χ1v) is 8.31. The van der Waals surface area contributed by atoms with Crippen molar-refractivity contribution in [2.24, 2.45) is 0 Å². The van der Waals surface area contributed by atoms with Crippen LogP contribution in [0, 0.1) is 10.1 Å². The molecule has 0 unspecified atom stereocenters. The molecule has 1 fully saturated rings. The predicted molar refractivity (Wildman–Crippen MR) is 99.8 cm³/mol. The fourth-order valence-electron chi connectivity index (χ4n) is 2.53. The topological polar surface area (TPSA) is 161 Å². The summed E-state index contributed by atoms with van der Waals surface area (Å²) in [6, 6.07) is 6.35. The minimum atomic E-state index is -1.32. The second-order valence-corrected chi connectivity index (χ2v) is 5.90. The van der Waals surface area contributed by atoms with E-state index in [1.165, 1.54) is 37.5 Å². The quantitative estimate of drug-likeness (QED) is 0.298. The molecular formula is C18H14N4O8. The Morgan fingerprint density at radius 1 is 1.30 bits per heavy atom. The van der Waals surface area contributed by atoms with Gasteiger partial charge >= 0.3 is 12.0 Å². The van der Waals surface area contributed by atoms with Crippen LogP contribution in [-0.2, 0) is 9.59 Å². The van der Waals surface area contributed by atoms with Crippen LogP contribution < -0.4 is 14.8 Å². The monoisotopic (exact) mass is 414 g/mol. The van der Waals surface area contributed by atoms with Crippen molar-refractivity contribution in [3.8, 4) is 17.4 Å². The SMILES string of the molecule is COc1cc(/C=C2/NC(=O)N(CC(=O)O)C2=O)ccc1Oc1ccc([N+](=O)[O-])cn1. The summed E-state index contributed by atoms with van der Waals surface area (Å²) in [5.41, 5.74) is 0.196. The Hall–Kier alpha value is -4.48. The lowest BCUT2D eigenvalue weighted by molar-refractivity contribution is -0.385. The van der Waals surface area contributed by atoms with Crippen LogP contribution in [0.3, 0.4) is 0 Å². The maximum Gasteiger partial charge on any atom is 0.329 e. The molecule has 1 saturated heterocycles. The number of nitrogens with one attached hydrogen (secondary N) is 1. The Morgan fingerprint density at radius 2 is 2.07 bits per heavy atom.